The number of hydrogen-bond acceptors (Lipinski definition) is 6. The van der Waals surface area contributed by atoms with Gasteiger partial charge < -0.3 is 10.0 Å². The minimum Gasteiger partial charge on any atom is -0.492 e. The van der Waals surface area contributed by atoms with Gasteiger partial charge in [-0.2, -0.15) is 23.3 Å². The molecular weight excluding hydrogens is 542 g/mol. The van der Waals surface area contributed by atoms with Gasteiger partial charge in [0.05, 0.1) is 17.3 Å². The summed E-state index contributed by atoms with van der Waals surface area (Å²) in [6.07, 6.45) is -0.800. The number of rotatable bonds is 6. The molecular formula is C26H24ClF4N5OS. The number of aromatic amines is 1. The molecule has 0 unspecified atom stereocenters. The van der Waals surface area contributed by atoms with Gasteiger partial charge in [0.25, 0.3) is 0 Å². The number of alkyl halides is 4. The van der Waals surface area contributed by atoms with Crippen LogP contribution in [0.25, 0.3) is 22.6 Å². The fraction of sp³-hybridized carbons (Fsp3) is 0.308. The summed E-state index contributed by atoms with van der Waals surface area (Å²) >= 11 is 7.10. The van der Waals surface area contributed by atoms with Crippen molar-refractivity contribution < 1.29 is 22.7 Å². The zero-order chi connectivity index (χ0) is 26.9. The first-order valence-corrected chi connectivity index (χ1v) is 13.2. The molecule has 38 heavy (non-hydrogen) atoms. The molecule has 5 rings (SSSR count). The minimum absolute atomic E-state index is 0.0262. The number of nitrogens with one attached hydrogen (secondary N) is 1. The maximum absolute atomic E-state index is 13.9. The van der Waals surface area contributed by atoms with Gasteiger partial charge in [-0.3, -0.25) is 10.00 Å². The van der Waals surface area contributed by atoms with E-state index in [0.29, 0.717) is 47.3 Å². The van der Waals surface area contributed by atoms with Gasteiger partial charge >= 0.3 is 6.18 Å². The lowest BCUT2D eigenvalue weighted by Gasteiger charge is -2.20. The van der Waals surface area contributed by atoms with Crippen LogP contribution < -0.4 is 4.90 Å². The summed E-state index contributed by atoms with van der Waals surface area (Å²) in [5.41, 5.74) is 0.785. The highest BCUT2D eigenvalue weighted by atomic mass is 35.5. The lowest BCUT2D eigenvalue weighted by Crippen LogP contribution is -2.31. The lowest BCUT2D eigenvalue weighted by molar-refractivity contribution is -0.137. The molecule has 1 aliphatic heterocycles. The Hall–Kier alpha value is -3.15. The molecule has 12 heteroatoms. The van der Waals surface area contributed by atoms with Crippen LogP contribution in [0.4, 0.5) is 22.7 Å². The van der Waals surface area contributed by atoms with Crippen LogP contribution >= 0.6 is 22.9 Å². The van der Waals surface area contributed by atoms with Crippen LogP contribution in [0.2, 0.25) is 5.02 Å². The van der Waals surface area contributed by atoms with Gasteiger partial charge in [-0.1, -0.05) is 35.1 Å². The monoisotopic (exact) mass is 565 g/mol. The molecule has 0 spiro atoms. The number of anilines is 1. The second kappa shape index (κ2) is 10.9. The Morgan fingerprint density at radius 1 is 1.13 bits per heavy atom. The van der Waals surface area contributed by atoms with E-state index in [1.807, 2.05) is 9.80 Å². The highest BCUT2D eigenvalue weighted by Gasteiger charge is 2.33. The number of H-pyrrole nitrogens is 1. The first kappa shape index (κ1) is 26.5. The molecule has 200 valence electrons. The smallest absolute Gasteiger partial charge is 0.417 e. The Balaban J connectivity index is 1.60. The van der Waals surface area contributed by atoms with Crippen molar-refractivity contribution in [2.45, 2.75) is 12.6 Å². The predicted molar refractivity (Wildman–Crippen MR) is 143 cm³/mol. The SMILES string of the molecule is Oc1nc(N2CCCN(CCF)CC2)sc1C(=Cc1ccc(Cl)cc1C(F)(F)F)c1ccc2[nH]ncc2c1. The zero-order valence-corrected chi connectivity index (χ0v) is 21.7. The Kier molecular flexibility index (Phi) is 7.60. The van der Waals surface area contributed by atoms with Crippen molar-refractivity contribution in [1.29, 1.82) is 0 Å². The molecule has 0 amide bonds. The van der Waals surface area contributed by atoms with E-state index in [1.54, 1.807) is 24.4 Å². The summed E-state index contributed by atoms with van der Waals surface area (Å²) in [6.45, 7) is 2.64. The Morgan fingerprint density at radius 2 is 1.97 bits per heavy atom. The predicted octanol–water partition coefficient (Wildman–Crippen LogP) is 6.47. The molecule has 0 saturated carbocycles. The van der Waals surface area contributed by atoms with Crippen molar-refractivity contribution >= 4 is 50.6 Å². The number of thiazole rings is 1. The molecule has 6 nitrogen and oxygen atoms in total. The average Bonchev–Trinajstić information content (AvgIpc) is 3.43. The van der Waals surface area contributed by atoms with E-state index in [9.17, 15) is 22.7 Å². The summed E-state index contributed by atoms with van der Waals surface area (Å²) in [5.74, 6) is -0.268. The van der Waals surface area contributed by atoms with Gasteiger partial charge in [0.2, 0.25) is 5.88 Å². The molecule has 2 aromatic carbocycles. The van der Waals surface area contributed by atoms with E-state index in [-0.39, 0.29) is 16.5 Å². The van der Waals surface area contributed by atoms with Crippen LogP contribution in [0.5, 0.6) is 5.88 Å². The third-order valence-electron chi connectivity index (χ3n) is 6.47. The molecule has 1 saturated heterocycles. The van der Waals surface area contributed by atoms with Crippen LogP contribution in [-0.4, -0.2) is 64.6 Å². The molecule has 2 N–H and O–H groups in total. The molecule has 2 aromatic heterocycles. The van der Waals surface area contributed by atoms with Crippen LogP contribution in [-0.2, 0) is 6.18 Å². The summed E-state index contributed by atoms with van der Waals surface area (Å²) in [7, 11) is 0. The maximum atomic E-state index is 13.9. The first-order chi connectivity index (χ1) is 18.2. The standard InChI is InChI=1S/C26H24ClF4N5OS/c27-19-4-2-17(21(14-19)26(29,30)31)13-20(16-3-5-22-18(12-16)15-32-34-22)23-24(37)33-25(38-23)36-8-1-7-35(9-6-28)10-11-36/h2-5,12-15,37H,1,6-11H2,(H,32,34). The summed E-state index contributed by atoms with van der Waals surface area (Å²) in [4.78, 5) is 8.78. The number of hydrogen-bond donors (Lipinski definition) is 2. The molecule has 3 heterocycles. The molecule has 0 atom stereocenters. The number of fused-ring (bicyclic) bond motifs is 1. The Morgan fingerprint density at radius 3 is 2.76 bits per heavy atom. The van der Waals surface area contributed by atoms with Gasteiger partial charge in [0.15, 0.2) is 5.13 Å². The third kappa shape index (κ3) is 5.64. The number of aromatic nitrogens is 3. The largest absolute Gasteiger partial charge is 0.492 e. The number of aromatic hydroxyl groups is 1. The highest BCUT2D eigenvalue weighted by Crippen LogP contribution is 2.42. The van der Waals surface area contributed by atoms with Gasteiger partial charge in [0.1, 0.15) is 11.6 Å². The Bertz CT molecular complexity index is 1470. The third-order valence-corrected chi connectivity index (χ3v) is 7.85. The van der Waals surface area contributed by atoms with Crippen molar-refractivity contribution in [3.8, 4) is 5.88 Å². The van der Waals surface area contributed by atoms with E-state index in [1.165, 1.54) is 29.5 Å². The van der Waals surface area contributed by atoms with Crippen LogP contribution in [0.1, 0.15) is 28.0 Å². The summed E-state index contributed by atoms with van der Waals surface area (Å²) in [6, 6.07) is 8.95. The number of benzene rings is 2. The van der Waals surface area contributed by atoms with Crippen molar-refractivity contribution in [2.24, 2.45) is 0 Å². The number of nitrogens with zero attached hydrogens (tertiary/aromatic N) is 4. The van der Waals surface area contributed by atoms with Crippen molar-refractivity contribution in [3.63, 3.8) is 0 Å². The van der Waals surface area contributed by atoms with Crippen LogP contribution in [0, 0.1) is 0 Å². The van der Waals surface area contributed by atoms with E-state index in [0.717, 1.165) is 29.9 Å². The highest BCUT2D eigenvalue weighted by molar-refractivity contribution is 7.17. The quantitative estimate of drug-likeness (QED) is 0.207. The van der Waals surface area contributed by atoms with E-state index in [4.69, 9.17) is 11.6 Å². The van der Waals surface area contributed by atoms with E-state index in [2.05, 4.69) is 15.2 Å². The van der Waals surface area contributed by atoms with Crippen molar-refractivity contribution in [2.75, 3.05) is 44.3 Å². The normalized spacial score (nSPS) is 15.8. The topological polar surface area (TPSA) is 68.3 Å². The Labute approximate surface area is 225 Å². The molecule has 0 bridgehead atoms. The molecule has 1 fully saturated rings. The second-order valence-corrected chi connectivity index (χ2v) is 10.4. The maximum Gasteiger partial charge on any atom is 0.417 e. The first-order valence-electron chi connectivity index (χ1n) is 12.0. The van der Waals surface area contributed by atoms with Crippen molar-refractivity contribution in [1.82, 2.24) is 20.1 Å². The fourth-order valence-electron chi connectivity index (χ4n) is 4.56. The van der Waals surface area contributed by atoms with Gasteiger partial charge in [-0.25, -0.2) is 4.39 Å². The molecule has 1 aliphatic rings. The van der Waals surface area contributed by atoms with E-state index < -0.39 is 18.4 Å². The fourth-order valence-corrected chi connectivity index (χ4v) is 5.78. The molecule has 0 aliphatic carbocycles. The van der Waals surface area contributed by atoms with Crippen LogP contribution in [0.15, 0.2) is 42.6 Å². The van der Waals surface area contributed by atoms with E-state index >= 15 is 0 Å². The molecule has 0 radical (unpaired) electrons. The van der Waals surface area contributed by atoms with Crippen molar-refractivity contribution in [3.05, 3.63) is 69.2 Å². The lowest BCUT2D eigenvalue weighted by atomic mass is 9.98. The van der Waals surface area contributed by atoms with Gasteiger partial charge in [-0.15, -0.1) is 0 Å². The molecule has 4 aromatic rings. The van der Waals surface area contributed by atoms with Crippen LogP contribution in [0.3, 0.4) is 0 Å². The summed E-state index contributed by atoms with van der Waals surface area (Å²) in [5, 5.41) is 19.1. The average molecular weight is 566 g/mol. The van der Waals surface area contributed by atoms with Gasteiger partial charge in [-0.05, 0) is 54.4 Å². The zero-order valence-electron chi connectivity index (χ0n) is 20.1. The number of halogens is 5. The minimum atomic E-state index is -4.63. The second-order valence-electron chi connectivity index (χ2n) is 8.98. The summed E-state index contributed by atoms with van der Waals surface area (Å²) < 4.78 is 54.6. The van der Waals surface area contributed by atoms with Gasteiger partial charge in [0, 0.05) is 42.2 Å².